The Balaban J connectivity index is 1.32. The SMILES string of the molecule is CCCS(=O)(=O)Nc1ccc(NC(=O)c2ccc(SCc3cn4ccccc4n3)cc2)cc1. The van der Waals surface area contributed by atoms with Crippen molar-refractivity contribution in [3.05, 3.63) is 90.4 Å². The maximum atomic E-state index is 12.6. The minimum absolute atomic E-state index is 0.0682. The lowest BCUT2D eigenvalue weighted by Crippen LogP contribution is -2.16. The third-order valence-electron chi connectivity index (χ3n) is 4.81. The van der Waals surface area contributed by atoms with Gasteiger partial charge in [-0.2, -0.15) is 0 Å². The first kappa shape index (κ1) is 22.9. The van der Waals surface area contributed by atoms with Gasteiger partial charge in [-0.05, 0) is 67.1 Å². The van der Waals surface area contributed by atoms with Crippen molar-refractivity contribution in [2.75, 3.05) is 15.8 Å². The highest BCUT2D eigenvalue weighted by Crippen LogP contribution is 2.23. The number of hydrogen-bond acceptors (Lipinski definition) is 5. The smallest absolute Gasteiger partial charge is 0.255 e. The van der Waals surface area contributed by atoms with Crippen molar-refractivity contribution in [2.45, 2.75) is 24.0 Å². The first-order valence-electron chi connectivity index (χ1n) is 10.5. The van der Waals surface area contributed by atoms with E-state index in [0.29, 0.717) is 23.4 Å². The minimum atomic E-state index is -3.34. The fourth-order valence-electron chi connectivity index (χ4n) is 3.24. The standard InChI is InChI=1S/C24H24N4O3S2/c1-2-15-33(30,31)27-20-10-8-19(9-11-20)26-24(29)18-6-12-22(13-7-18)32-17-21-16-28-14-4-3-5-23(28)25-21/h3-14,16,27H,2,15,17H2,1H3,(H,26,29). The van der Waals surface area contributed by atoms with Gasteiger partial charge in [0.25, 0.3) is 5.91 Å². The van der Waals surface area contributed by atoms with Gasteiger partial charge in [-0.1, -0.05) is 13.0 Å². The lowest BCUT2D eigenvalue weighted by Gasteiger charge is -2.09. The summed E-state index contributed by atoms with van der Waals surface area (Å²) in [5.74, 6) is 0.576. The van der Waals surface area contributed by atoms with Crippen LogP contribution in [0.4, 0.5) is 11.4 Å². The van der Waals surface area contributed by atoms with Crippen molar-refractivity contribution >= 4 is 44.7 Å². The molecule has 170 valence electrons. The van der Waals surface area contributed by atoms with Crippen molar-refractivity contribution in [3.63, 3.8) is 0 Å². The number of sulfonamides is 1. The fourth-order valence-corrected chi connectivity index (χ4v) is 5.16. The van der Waals surface area contributed by atoms with Crippen LogP contribution in [0.3, 0.4) is 0 Å². The molecule has 0 aliphatic carbocycles. The van der Waals surface area contributed by atoms with Crippen molar-refractivity contribution in [1.82, 2.24) is 9.38 Å². The molecule has 0 saturated heterocycles. The zero-order valence-corrected chi connectivity index (χ0v) is 19.7. The van der Waals surface area contributed by atoms with E-state index in [2.05, 4.69) is 15.0 Å². The quantitative estimate of drug-likeness (QED) is 0.328. The second-order valence-corrected chi connectivity index (χ2v) is 10.4. The zero-order valence-electron chi connectivity index (χ0n) is 18.1. The molecule has 2 aromatic carbocycles. The van der Waals surface area contributed by atoms with Gasteiger partial charge in [-0.15, -0.1) is 11.8 Å². The summed E-state index contributed by atoms with van der Waals surface area (Å²) in [6.45, 7) is 1.81. The van der Waals surface area contributed by atoms with Gasteiger partial charge in [0.05, 0.1) is 11.4 Å². The topological polar surface area (TPSA) is 92.6 Å². The maximum Gasteiger partial charge on any atom is 0.255 e. The lowest BCUT2D eigenvalue weighted by molar-refractivity contribution is 0.102. The number of amides is 1. The maximum absolute atomic E-state index is 12.6. The molecule has 4 aromatic rings. The number of anilines is 2. The molecule has 2 heterocycles. The molecule has 0 saturated carbocycles. The van der Waals surface area contributed by atoms with Gasteiger partial charge in [0.15, 0.2) is 0 Å². The number of aromatic nitrogens is 2. The van der Waals surface area contributed by atoms with Gasteiger partial charge in [0, 0.05) is 40.0 Å². The van der Waals surface area contributed by atoms with Crippen LogP contribution in [0.2, 0.25) is 0 Å². The van der Waals surface area contributed by atoms with Crippen molar-refractivity contribution < 1.29 is 13.2 Å². The van der Waals surface area contributed by atoms with Gasteiger partial charge in [0.1, 0.15) is 5.65 Å². The van der Waals surface area contributed by atoms with Crippen molar-refractivity contribution in [1.29, 1.82) is 0 Å². The molecule has 1 amide bonds. The average Bonchev–Trinajstić information content (AvgIpc) is 3.22. The molecule has 9 heteroatoms. The molecule has 2 aromatic heterocycles. The summed E-state index contributed by atoms with van der Waals surface area (Å²) in [5, 5.41) is 2.83. The summed E-state index contributed by atoms with van der Waals surface area (Å²) >= 11 is 1.66. The van der Waals surface area contributed by atoms with E-state index in [1.165, 1.54) is 0 Å². The molecule has 0 atom stereocenters. The van der Waals surface area contributed by atoms with Crippen LogP contribution in [-0.4, -0.2) is 29.5 Å². The van der Waals surface area contributed by atoms with E-state index in [1.54, 1.807) is 48.2 Å². The molecule has 4 rings (SSSR count). The van der Waals surface area contributed by atoms with Gasteiger partial charge in [-0.25, -0.2) is 13.4 Å². The van der Waals surface area contributed by atoms with Crippen LogP contribution < -0.4 is 10.0 Å². The molecular formula is C24H24N4O3S2. The van der Waals surface area contributed by atoms with Crippen LogP contribution in [-0.2, 0) is 15.8 Å². The van der Waals surface area contributed by atoms with Gasteiger partial charge in [0.2, 0.25) is 10.0 Å². The molecule has 0 aliphatic rings. The molecule has 0 unspecified atom stereocenters. The Morgan fingerprint density at radius 1 is 1.00 bits per heavy atom. The molecule has 0 fully saturated rings. The average molecular weight is 481 g/mol. The van der Waals surface area contributed by atoms with E-state index in [4.69, 9.17) is 0 Å². The number of thioether (sulfide) groups is 1. The molecule has 2 N–H and O–H groups in total. The number of imidazole rings is 1. The normalized spacial score (nSPS) is 11.4. The summed E-state index contributed by atoms with van der Waals surface area (Å²) in [4.78, 5) is 18.2. The predicted molar refractivity (Wildman–Crippen MR) is 133 cm³/mol. The molecule has 0 spiro atoms. The lowest BCUT2D eigenvalue weighted by atomic mass is 10.2. The third-order valence-corrected chi connectivity index (χ3v) is 7.34. The Bertz CT molecular complexity index is 1320. The number of rotatable bonds is 9. The molecule has 0 radical (unpaired) electrons. The number of nitrogens with zero attached hydrogens (tertiary/aromatic N) is 2. The zero-order chi connectivity index (χ0) is 23.3. The number of nitrogens with one attached hydrogen (secondary N) is 2. The Hall–Kier alpha value is -3.30. The van der Waals surface area contributed by atoms with Crippen LogP contribution in [0.5, 0.6) is 0 Å². The van der Waals surface area contributed by atoms with Gasteiger partial charge < -0.3 is 9.72 Å². The van der Waals surface area contributed by atoms with E-state index in [1.807, 2.05) is 54.0 Å². The summed E-state index contributed by atoms with van der Waals surface area (Å²) in [6, 6.07) is 19.9. The molecule has 33 heavy (non-hydrogen) atoms. The first-order valence-corrected chi connectivity index (χ1v) is 13.1. The van der Waals surface area contributed by atoms with E-state index < -0.39 is 10.0 Å². The summed E-state index contributed by atoms with van der Waals surface area (Å²) < 4.78 is 28.2. The highest BCUT2D eigenvalue weighted by molar-refractivity contribution is 7.98. The summed E-state index contributed by atoms with van der Waals surface area (Å²) in [5.41, 5.74) is 3.51. The van der Waals surface area contributed by atoms with Gasteiger partial charge in [-0.3, -0.25) is 9.52 Å². The second kappa shape index (κ2) is 10.1. The van der Waals surface area contributed by atoms with E-state index in [-0.39, 0.29) is 11.7 Å². The number of pyridine rings is 1. The monoisotopic (exact) mass is 480 g/mol. The largest absolute Gasteiger partial charge is 0.322 e. The minimum Gasteiger partial charge on any atom is -0.322 e. The van der Waals surface area contributed by atoms with Gasteiger partial charge >= 0.3 is 0 Å². The van der Waals surface area contributed by atoms with Crippen molar-refractivity contribution in [2.24, 2.45) is 0 Å². The van der Waals surface area contributed by atoms with Crippen LogP contribution in [0, 0.1) is 0 Å². The summed E-state index contributed by atoms with van der Waals surface area (Å²) in [6.07, 6.45) is 4.54. The number of carbonyl (C=O) groups is 1. The Kier molecular flexibility index (Phi) is 7.00. The Labute approximate surface area is 197 Å². The van der Waals surface area contributed by atoms with Crippen LogP contribution >= 0.6 is 11.8 Å². The predicted octanol–water partition coefficient (Wildman–Crippen LogP) is 5.03. The van der Waals surface area contributed by atoms with Crippen molar-refractivity contribution in [3.8, 4) is 0 Å². The summed E-state index contributed by atoms with van der Waals surface area (Å²) in [7, 11) is -3.34. The van der Waals surface area contributed by atoms with E-state index >= 15 is 0 Å². The Morgan fingerprint density at radius 3 is 2.42 bits per heavy atom. The first-order chi connectivity index (χ1) is 15.9. The van der Waals surface area contributed by atoms with E-state index in [0.717, 1.165) is 22.0 Å². The molecule has 0 aliphatic heterocycles. The molecule has 0 bridgehead atoms. The highest BCUT2D eigenvalue weighted by Gasteiger charge is 2.10. The second-order valence-electron chi connectivity index (χ2n) is 7.46. The fraction of sp³-hybridized carbons (Fsp3) is 0.167. The highest BCUT2D eigenvalue weighted by atomic mass is 32.2. The molecule has 7 nitrogen and oxygen atoms in total. The number of fused-ring (bicyclic) bond motifs is 1. The number of hydrogen-bond donors (Lipinski definition) is 2. The van der Waals surface area contributed by atoms with Crippen LogP contribution in [0.1, 0.15) is 29.4 Å². The van der Waals surface area contributed by atoms with Crippen LogP contribution in [0.25, 0.3) is 5.65 Å². The van der Waals surface area contributed by atoms with E-state index in [9.17, 15) is 13.2 Å². The Morgan fingerprint density at radius 2 is 1.73 bits per heavy atom. The third kappa shape index (κ3) is 6.15. The number of benzene rings is 2. The number of carbonyl (C=O) groups excluding carboxylic acids is 1. The molecular weight excluding hydrogens is 456 g/mol. The van der Waals surface area contributed by atoms with Crippen LogP contribution in [0.15, 0.2) is 84.0 Å².